The average molecular weight is 406 g/mol. The highest BCUT2D eigenvalue weighted by Gasteiger charge is 2.20. The van der Waals surface area contributed by atoms with Crippen LogP contribution in [-0.4, -0.2) is 0 Å². The van der Waals surface area contributed by atoms with Gasteiger partial charge in [0.25, 0.3) is 0 Å². The zero-order valence-corrected chi connectivity index (χ0v) is 15.0. The van der Waals surface area contributed by atoms with Gasteiger partial charge in [-0.05, 0) is 51.2 Å². The van der Waals surface area contributed by atoms with Gasteiger partial charge in [-0.2, -0.15) is 0 Å². The lowest BCUT2D eigenvalue weighted by atomic mass is 9.95. The maximum atomic E-state index is 13.6. The number of rotatable bonds is 2. The van der Waals surface area contributed by atoms with E-state index in [9.17, 15) is 4.39 Å². The third kappa shape index (κ3) is 3.47. The van der Waals surface area contributed by atoms with E-state index in [2.05, 4.69) is 64.8 Å². The Morgan fingerprint density at radius 3 is 2.37 bits per heavy atom. The van der Waals surface area contributed by atoms with Crippen LogP contribution < -0.4 is 0 Å². The van der Waals surface area contributed by atoms with E-state index in [4.69, 9.17) is 0 Å². The van der Waals surface area contributed by atoms with Gasteiger partial charge in [0.2, 0.25) is 0 Å². The van der Waals surface area contributed by atoms with Crippen LogP contribution in [0.5, 0.6) is 0 Å². The molecule has 1 atom stereocenters. The van der Waals surface area contributed by atoms with Gasteiger partial charge in [0.05, 0.1) is 9.30 Å². The summed E-state index contributed by atoms with van der Waals surface area (Å²) in [6, 6.07) is 9.52. The van der Waals surface area contributed by atoms with E-state index in [-0.39, 0.29) is 16.1 Å². The van der Waals surface area contributed by atoms with Crippen molar-refractivity contribution < 1.29 is 4.39 Å². The van der Waals surface area contributed by atoms with E-state index in [1.807, 2.05) is 6.07 Å². The van der Waals surface area contributed by atoms with Crippen molar-refractivity contribution in [2.75, 3.05) is 0 Å². The minimum Gasteiger partial charge on any atom is -0.206 e. The Hall–Kier alpha value is -0.190. The van der Waals surface area contributed by atoms with E-state index < -0.39 is 0 Å². The molecule has 0 aliphatic rings. The second-order valence-corrected chi connectivity index (χ2v) is 8.37. The van der Waals surface area contributed by atoms with Gasteiger partial charge in [0.15, 0.2) is 0 Å². The Labute approximate surface area is 134 Å². The van der Waals surface area contributed by atoms with Crippen LogP contribution in [-0.2, 0) is 5.41 Å². The zero-order chi connectivity index (χ0) is 14.2. The van der Waals surface area contributed by atoms with Gasteiger partial charge >= 0.3 is 0 Å². The Kier molecular flexibility index (Phi) is 4.53. The number of thiophene rings is 1. The summed E-state index contributed by atoms with van der Waals surface area (Å²) in [7, 11) is 0. The first-order valence-corrected chi connectivity index (χ1v) is 8.51. The fourth-order valence-electron chi connectivity index (χ4n) is 1.73. The topological polar surface area (TPSA) is 0 Å². The third-order valence-electron chi connectivity index (χ3n) is 2.85. The maximum Gasteiger partial charge on any atom is 0.137 e. The summed E-state index contributed by atoms with van der Waals surface area (Å²) in [4.78, 5) is 2.58. The predicted molar refractivity (Wildman–Crippen MR) is 87.9 cm³/mol. The first-order valence-electron chi connectivity index (χ1n) is 5.98. The van der Waals surface area contributed by atoms with Gasteiger partial charge in [-0.15, -0.1) is 11.3 Å². The zero-order valence-electron chi connectivity index (χ0n) is 11.0. The van der Waals surface area contributed by atoms with Crippen molar-refractivity contribution in [2.45, 2.75) is 31.0 Å². The highest BCUT2D eigenvalue weighted by Crippen LogP contribution is 2.39. The predicted octanol–water partition coefficient (Wildman–Crippen LogP) is 6.43. The number of benzene rings is 1. The molecular formula is C15H15Br2FS. The van der Waals surface area contributed by atoms with Crippen LogP contribution in [0.2, 0.25) is 0 Å². The van der Waals surface area contributed by atoms with Crippen LogP contribution in [0, 0.1) is 5.82 Å². The summed E-state index contributed by atoms with van der Waals surface area (Å²) in [6.45, 7) is 6.60. The van der Waals surface area contributed by atoms with Crippen LogP contribution in [0.4, 0.5) is 4.39 Å². The molecule has 4 heteroatoms. The van der Waals surface area contributed by atoms with E-state index in [0.717, 1.165) is 5.56 Å². The molecule has 0 saturated heterocycles. The third-order valence-corrected chi connectivity index (χ3v) is 6.40. The highest BCUT2D eigenvalue weighted by molar-refractivity contribution is 9.10. The highest BCUT2D eigenvalue weighted by atomic mass is 79.9. The molecule has 0 nitrogen and oxygen atoms in total. The monoisotopic (exact) mass is 404 g/mol. The summed E-state index contributed by atoms with van der Waals surface area (Å²) in [5.41, 5.74) is 1.09. The number of alkyl halides is 1. The van der Waals surface area contributed by atoms with Crippen molar-refractivity contribution >= 4 is 43.2 Å². The summed E-state index contributed by atoms with van der Waals surface area (Å²) >= 11 is 8.61. The molecule has 0 radical (unpaired) electrons. The van der Waals surface area contributed by atoms with Gasteiger partial charge in [-0.25, -0.2) is 4.39 Å². The van der Waals surface area contributed by atoms with Gasteiger partial charge in [-0.3, -0.25) is 0 Å². The molecule has 2 rings (SSSR count). The molecular weight excluding hydrogens is 391 g/mol. The average Bonchev–Trinajstić information content (AvgIpc) is 2.81. The van der Waals surface area contributed by atoms with Crippen LogP contribution in [0.15, 0.2) is 34.8 Å². The van der Waals surface area contributed by atoms with Crippen LogP contribution in [0.1, 0.15) is 40.9 Å². The van der Waals surface area contributed by atoms with E-state index in [1.54, 1.807) is 23.5 Å². The molecule has 0 saturated carbocycles. The quantitative estimate of drug-likeness (QED) is 0.504. The molecule has 1 aromatic heterocycles. The second-order valence-electron chi connectivity index (χ2n) is 5.49. The van der Waals surface area contributed by atoms with E-state index in [1.165, 1.54) is 9.75 Å². The minimum atomic E-state index is -0.227. The first kappa shape index (κ1) is 15.2. The number of halogens is 3. The van der Waals surface area contributed by atoms with Gasteiger partial charge < -0.3 is 0 Å². The van der Waals surface area contributed by atoms with Crippen molar-refractivity contribution in [2.24, 2.45) is 0 Å². The minimum absolute atomic E-state index is 0.0381. The van der Waals surface area contributed by atoms with Crippen molar-refractivity contribution in [3.63, 3.8) is 0 Å². The van der Waals surface area contributed by atoms with Gasteiger partial charge in [0, 0.05) is 9.75 Å². The fraction of sp³-hybridized carbons (Fsp3) is 0.333. The lowest BCUT2D eigenvalue weighted by Gasteiger charge is -2.15. The molecule has 1 unspecified atom stereocenters. The van der Waals surface area contributed by atoms with E-state index in [0.29, 0.717) is 4.47 Å². The molecule has 1 heterocycles. The molecule has 0 spiro atoms. The van der Waals surface area contributed by atoms with Gasteiger partial charge in [0.1, 0.15) is 5.82 Å². The molecule has 0 amide bonds. The Morgan fingerprint density at radius 1 is 1.16 bits per heavy atom. The van der Waals surface area contributed by atoms with Crippen molar-refractivity contribution in [1.29, 1.82) is 0 Å². The molecule has 1 aromatic carbocycles. The standard InChI is InChI=1S/C15H15Br2FS/c1-15(2,3)13-7-6-12(19-13)14(17)9-4-5-10(16)11(18)8-9/h4-8,14H,1-3H3. The fourth-order valence-corrected chi connectivity index (χ4v) is 3.76. The van der Waals surface area contributed by atoms with Crippen molar-refractivity contribution in [3.05, 3.63) is 55.9 Å². The normalized spacial score (nSPS) is 13.6. The molecule has 19 heavy (non-hydrogen) atoms. The molecule has 0 aliphatic heterocycles. The van der Waals surface area contributed by atoms with Crippen LogP contribution in [0.3, 0.4) is 0 Å². The Balaban J connectivity index is 2.31. The van der Waals surface area contributed by atoms with Crippen LogP contribution in [0.25, 0.3) is 0 Å². The van der Waals surface area contributed by atoms with Gasteiger partial charge in [-0.1, -0.05) is 42.8 Å². The molecule has 0 fully saturated rings. The summed E-state index contributed by atoms with van der Waals surface area (Å²) in [5.74, 6) is -0.227. The second kappa shape index (κ2) is 5.66. The van der Waals surface area contributed by atoms with E-state index >= 15 is 0 Å². The molecule has 0 N–H and O–H groups in total. The summed E-state index contributed by atoms with van der Waals surface area (Å²) in [6.07, 6.45) is 0. The summed E-state index contributed by atoms with van der Waals surface area (Å²) < 4.78 is 14.1. The lowest BCUT2D eigenvalue weighted by molar-refractivity contribution is 0.604. The largest absolute Gasteiger partial charge is 0.206 e. The molecule has 102 valence electrons. The number of hydrogen-bond donors (Lipinski definition) is 0. The Morgan fingerprint density at radius 2 is 1.84 bits per heavy atom. The van der Waals surface area contributed by atoms with Crippen molar-refractivity contribution in [1.82, 2.24) is 0 Å². The smallest absolute Gasteiger partial charge is 0.137 e. The molecule has 2 aromatic rings. The molecule has 0 bridgehead atoms. The number of hydrogen-bond acceptors (Lipinski definition) is 1. The summed E-state index contributed by atoms with van der Waals surface area (Å²) in [5, 5.41) is 0. The maximum absolute atomic E-state index is 13.6. The van der Waals surface area contributed by atoms with Crippen molar-refractivity contribution in [3.8, 4) is 0 Å². The Bertz CT molecular complexity index is 584. The molecule has 0 aliphatic carbocycles. The van der Waals surface area contributed by atoms with Crippen LogP contribution >= 0.6 is 43.2 Å². The lowest BCUT2D eigenvalue weighted by Crippen LogP contribution is -2.07. The first-order chi connectivity index (χ1) is 8.79. The SMILES string of the molecule is CC(C)(C)c1ccc(C(Br)c2ccc(Br)c(F)c2)s1.